The van der Waals surface area contributed by atoms with Gasteiger partial charge in [0.2, 0.25) is 5.91 Å². The van der Waals surface area contributed by atoms with Crippen molar-refractivity contribution in [3.63, 3.8) is 0 Å². The van der Waals surface area contributed by atoms with Crippen molar-refractivity contribution in [1.29, 1.82) is 0 Å². The van der Waals surface area contributed by atoms with E-state index in [4.69, 9.17) is 0 Å². The molecule has 94 valence electrons. The molecule has 1 N–H and O–H groups in total. The molecule has 3 nitrogen and oxygen atoms in total. The van der Waals surface area contributed by atoms with Gasteiger partial charge < -0.3 is 10.0 Å². The minimum absolute atomic E-state index is 0.0226. The molecule has 0 aromatic carbocycles. The Morgan fingerprint density at radius 2 is 2.06 bits per heavy atom. The molecule has 0 aromatic heterocycles. The van der Waals surface area contributed by atoms with Crippen molar-refractivity contribution in [3.05, 3.63) is 0 Å². The van der Waals surface area contributed by atoms with Gasteiger partial charge in [-0.2, -0.15) is 11.8 Å². The monoisotopic (exact) mass is 245 g/mol. The first kappa shape index (κ1) is 13.8. The summed E-state index contributed by atoms with van der Waals surface area (Å²) in [6.07, 6.45) is 7.90. The maximum absolute atomic E-state index is 11.8. The summed E-state index contributed by atoms with van der Waals surface area (Å²) in [6, 6.07) is 0. The molecule has 1 heterocycles. The van der Waals surface area contributed by atoms with Crippen LogP contribution in [0.25, 0.3) is 0 Å². The molecule has 1 aliphatic rings. The second-order valence-corrected chi connectivity index (χ2v) is 5.43. The summed E-state index contributed by atoms with van der Waals surface area (Å²) in [6.45, 7) is 2.91. The van der Waals surface area contributed by atoms with Crippen LogP contribution in [0.1, 0.15) is 45.4 Å². The van der Waals surface area contributed by atoms with Crippen LogP contribution in [-0.2, 0) is 4.79 Å². The Morgan fingerprint density at radius 3 is 2.62 bits per heavy atom. The van der Waals surface area contributed by atoms with Crippen LogP contribution in [-0.4, -0.2) is 40.2 Å². The summed E-state index contributed by atoms with van der Waals surface area (Å²) in [5, 5.41) is 9.73. The van der Waals surface area contributed by atoms with Crippen LogP contribution >= 0.6 is 11.8 Å². The van der Waals surface area contributed by atoms with E-state index in [9.17, 15) is 9.90 Å². The zero-order valence-corrected chi connectivity index (χ0v) is 11.1. The van der Waals surface area contributed by atoms with Gasteiger partial charge in [-0.05, 0) is 12.7 Å². The lowest BCUT2D eigenvalue weighted by Gasteiger charge is -2.20. The lowest BCUT2D eigenvalue weighted by atomic mass is 10.1. The highest BCUT2D eigenvalue weighted by Gasteiger charge is 2.37. The minimum atomic E-state index is -0.545. The Balaban J connectivity index is 2.23. The third-order valence-electron chi connectivity index (χ3n) is 3.13. The summed E-state index contributed by atoms with van der Waals surface area (Å²) in [5.74, 6) is 0.121. The third-order valence-corrected chi connectivity index (χ3v) is 4.09. The first-order chi connectivity index (χ1) is 7.70. The van der Waals surface area contributed by atoms with Gasteiger partial charge in [0, 0.05) is 13.0 Å². The van der Waals surface area contributed by atoms with E-state index in [1.165, 1.54) is 19.3 Å². The van der Waals surface area contributed by atoms with Crippen LogP contribution in [0.4, 0.5) is 0 Å². The molecule has 0 radical (unpaired) electrons. The number of aliphatic hydroxyl groups is 1. The molecule has 1 fully saturated rings. The number of thioether (sulfide) groups is 1. The van der Waals surface area contributed by atoms with E-state index in [0.29, 0.717) is 6.42 Å². The fourth-order valence-electron chi connectivity index (χ4n) is 2.09. The predicted octanol–water partition coefficient (Wildman–Crippen LogP) is 2.24. The summed E-state index contributed by atoms with van der Waals surface area (Å²) < 4.78 is 0. The molecular weight excluding hydrogens is 222 g/mol. The normalized spacial score (nSPS) is 25.4. The number of rotatable bonds is 7. The number of hydrogen-bond donors (Lipinski definition) is 1. The van der Waals surface area contributed by atoms with E-state index < -0.39 is 6.23 Å². The predicted molar refractivity (Wildman–Crippen MR) is 68.4 cm³/mol. The number of nitrogens with zero attached hydrogens (tertiary/aromatic N) is 1. The highest BCUT2D eigenvalue weighted by molar-refractivity contribution is 7.99. The fraction of sp³-hybridized carbons (Fsp3) is 0.917. The summed E-state index contributed by atoms with van der Waals surface area (Å²) >= 11 is 1.54. The van der Waals surface area contributed by atoms with Crippen LogP contribution in [0.15, 0.2) is 0 Å². The van der Waals surface area contributed by atoms with Gasteiger partial charge in [-0.1, -0.05) is 32.6 Å². The average Bonchev–Trinajstić information content (AvgIpc) is 2.55. The highest BCUT2D eigenvalue weighted by atomic mass is 32.2. The van der Waals surface area contributed by atoms with E-state index in [-0.39, 0.29) is 11.2 Å². The van der Waals surface area contributed by atoms with Crippen LogP contribution in [0.5, 0.6) is 0 Å². The van der Waals surface area contributed by atoms with E-state index >= 15 is 0 Å². The number of carbonyl (C=O) groups excluding carboxylic acids is 1. The van der Waals surface area contributed by atoms with E-state index in [2.05, 4.69) is 6.92 Å². The fourth-order valence-corrected chi connectivity index (χ4v) is 2.79. The van der Waals surface area contributed by atoms with Crippen LogP contribution in [0.2, 0.25) is 0 Å². The SMILES string of the molecule is CCCCCCCN1C(=O)C(SC)CC1O. The second-order valence-electron chi connectivity index (χ2n) is 4.39. The molecule has 4 heteroatoms. The van der Waals surface area contributed by atoms with Crippen molar-refractivity contribution in [1.82, 2.24) is 4.90 Å². The second kappa shape index (κ2) is 7.17. The summed E-state index contributed by atoms with van der Waals surface area (Å²) in [4.78, 5) is 13.5. The smallest absolute Gasteiger partial charge is 0.237 e. The standard InChI is InChI=1S/C12H23NO2S/c1-3-4-5-6-7-8-13-11(14)9-10(16-2)12(13)15/h10-11,14H,3-9H2,1-2H3. The molecule has 2 atom stereocenters. The van der Waals surface area contributed by atoms with E-state index in [1.54, 1.807) is 16.7 Å². The zero-order valence-electron chi connectivity index (χ0n) is 10.3. The zero-order chi connectivity index (χ0) is 12.0. The molecule has 0 aliphatic carbocycles. The van der Waals surface area contributed by atoms with Crippen molar-refractivity contribution in [3.8, 4) is 0 Å². The molecule has 0 bridgehead atoms. The molecule has 0 aromatic rings. The maximum Gasteiger partial charge on any atom is 0.237 e. The molecule has 1 saturated heterocycles. The number of unbranched alkanes of at least 4 members (excludes halogenated alkanes) is 4. The quantitative estimate of drug-likeness (QED) is 0.699. The Bertz CT molecular complexity index is 223. The Labute approximate surface area is 103 Å². The van der Waals surface area contributed by atoms with Gasteiger partial charge in [0.05, 0.1) is 5.25 Å². The van der Waals surface area contributed by atoms with Crippen LogP contribution < -0.4 is 0 Å². The van der Waals surface area contributed by atoms with Gasteiger partial charge in [-0.25, -0.2) is 0 Å². The number of likely N-dealkylation sites (tertiary alicyclic amines) is 1. The van der Waals surface area contributed by atoms with Gasteiger partial charge in [0.25, 0.3) is 0 Å². The third kappa shape index (κ3) is 3.67. The lowest BCUT2D eigenvalue weighted by Crippen LogP contribution is -2.34. The van der Waals surface area contributed by atoms with E-state index in [1.807, 2.05) is 6.26 Å². The molecule has 1 amide bonds. The van der Waals surface area contributed by atoms with Crippen LogP contribution in [0.3, 0.4) is 0 Å². The van der Waals surface area contributed by atoms with Crippen molar-refractivity contribution in [2.45, 2.75) is 56.9 Å². The molecular formula is C12H23NO2S. The number of amides is 1. The van der Waals surface area contributed by atoms with Crippen LogP contribution in [0, 0.1) is 0 Å². The lowest BCUT2D eigenvalue weighted by molar-refractivity contribution is -0.132. The minimum Gasteiger partial charge on any atom is -0.373 e. The molecule has 0 saturated carbocycles. The molecule has 1 rings (SSSR count). The molecule has 16 heavy (non-hydrogen) atoms. The van der Waals surface area contributed by atoms with Gasteiger partial charge >= 0.3 is 0 Å². The molecule has 1 aliphatic heterocycles. The Morgan fingerprint density at radius 1 is 1.38 bits per heavy atom. The van der Waals surface area contributed by atoms with Gasteiger partial charge in [-0.15, -0.1) is 0 Å². The first-order valence-electron chi connectivity index (χ1n) is 6.22. The summed E-state index contributed by atoms with van der Waals surface area (Å²) in [5.41, 5.74) is 0. The van der Waals surface area contributed by atoms with Crippen molar-refractivity contribution in [2.24, 2.45) is 0 Å². The topological polar surface area (TPSA) is 40.5 Å². The van der Waals surface area contributed by atoms with Crippen molar-refractivity contribution >= 4 is 17.7 Å². The van der Waals surface area contributed by atoms with Gasteiger partial charge in [-0.3, -0.25) is 4.79 Å². The number of aliphatic hydroxyl groups excluding tert-OH is 1. The number of carbonyl (C=O) groups is 1. The first-order valence-corrected chi connectivity index (χ1v) is 7.50. The van der Waals surface area contributed by atoms with E-state index in [0.717, 1.165) is 19.4 Å². The molecule has 0 spiro atoms. The van der Waals surface area contributed by atoms with Crippen molar-refractivity contribution in [2.75, 3.05) is 12.8 Å². The Hall–Kier alpha value is -0.220. The maximum atomic E-state index is 11.8. The molecule has 2 unspecified atom stereocenters. The largest absolute Gasteiger partial charge is 0.373 e. The Kier molecular flexibility index (Phi) is 6.21. The highest BCUT2D eigenvalue weighted by Crippen LogP contribution is 2.26. The number of hydrogen-bond acceptors (Lipinski definition) is 3. The van der Waals surface area contributed by atoms with Gasteiger partial charge in [0.15, 0.2) is 0 Å². The van der Waals surface area contributed by atoms with Gasteiger partial charge in [0.1, 0.15) is 6.23 Å². The average molecular weight is 245 g/mol. The van der Waals surface area contributed by atoms with Crippen molar-refractivity contribution < 1.29 is 9.90 Å². The summed E-state index contributed by atoms with van der Waals surface area (Å²) in [7, 11) is 0.